The van der Waals surface area contributed by atoms with Crippen molar-refractivity contribution in [2.45, 2.75) is 6.10 Å². The molecule has 90 valence electrons. The summed E-state index contributed by atoms with van der Waals surface area (Å²) in [6, 6.07) is 0. The smallest absolute Gasteiger partial charge is 0.203 e. The van der Waals surface area contributed by atoms with E-state index in [-0.39, 0.29) is 6.10 Å². The molecule has 0 aliphatic carbocycles. The lowest BCUT2D eigenvalue weighted by Gasteiger charge is -2.32. The zero-order chi connectivity index (χ0) is 11.7. The molecule has 0 bridgehead atoms. The summed E-state index contributed by atoms with van der Waals surface area (Å²) < 4.78 is 7.39. The zero-order valence-corrected chi connectivity index (χ0v) is 9.36. The summed E-state index contributed by atoms with van der Waals surface area (Å²) in [5.41, 5.74) is 6.40. The van der Waals surface area contributed by atoms with Gasteiger partial charge in [-0.1, -0.05) is 0 Å². The largest absolute Gasteiger partial charge is 0.373 e. The van der Waals surface area contributed by atoms with E-state index < -0.39 is 0 Å². The van der Waals surface area contributed by atoms with E-state index >= 15 is 0 Å². The molecule has 17 heavy (non-hydrogen) atoms. The SMILES string of the molecule is NCC1CN(c2nccn3cnnc23)CCO1. The average molecular weight is 234 g/mol. The Kier molecular flexibility index (Phi) is 2.62. The van der Waals surface area contributed by atoms with Crippen molar-refractivity contribution in [1.29, 1.82) is 0 Å². The van der Waals surface area contributed by atoms with E-state index in [1.165, 1.54) is 0 Å². The Bertz CT molecular complexity index is 512. The van der Waals surface area contributed by atoms with Gasteiger partial charge < -0.3 is 15.4 Å². The number of nitrogens with two attached hydrogens (primary N) is 1. The number of anilines is 1. The molecule has 0 amide bonds. The van der Waals surface area contributed by atoms with E-state index in [1.807, 2.05) is 10.6 Å². The van der Waals surface area contributed by atoms with Gasteiger partial charge in [-0.2, -0.15) is 0 Å². The molecule has 7 nitrogen and oxygen atoms in total. The van der Waals surface area contributed by atoms with Gasteiger partial charge in [0.1, 0.15) is 6.33 Å². The molecule has 7 heteroatoms. The second-order valence-corrected chi connectivity index (χ2v) is 3.99. The topological polar surface area (TPSA) is 81.6 Å². The highest BCUT2D eigenvalue weighted by molar-refractivity contribution is 5.63. The van der Waals surface area contributed by atoms with Gasteiger partial charge in [-0.25, -0.2) is 4.98 Å². The minimum atomic E-state index is 0.0636. The third-order valence-electron chi connectivity index (χ3n) is 2.90. The molecule has 0 saturated carbocycles. The van der Waals surface area contributed by atoms with Crippen LogP contribution in [0.4, 0.5) is 5.82 Å². The molecule has 0 radical (unpaired) electrons. The van der Waals surface area contributed by atoms with Crippen molar-refractivity contribution < 1.29 is 4.74 Å². The molecule has 2 N–H and O–H groups in total. The first-order valence-electron chi connectivity index (χ1n) is 5.59. The lowest BCUT2D eigenvalue weighted by atomic mass is 10.2. The molecule has 1 atom stereocenters. The molecule has 1 saturated heterocycles. The lowest BCUT2D eigenvalue weighted by Crippen LogP contribution is -2.46. The summed E-state index contributed by atoms with van der Waals surface area (Å²) >= 11 is 0. The van der Waals surface area contributed by atoms with Gasteiger partial charge in [0.15, 0.2) is 5.82 Å². The number of aromatic nitrogens is 4. The average Bonchev–Trinajstić information content (AvgIpc) is 2.87. The van der Waals surface area contributed by atoms with Gasteiger partial charge in [-0.05, 0) is 0 Å². The molecule has 0 spiro atoms. The van der Waals surface area contributed by atoms with Crippen molar-refractivity contribution in [2.24, 2.45) is 5.73 Å². The first kappa shape index (κ1) is 10.4. The van der Waals surface area contributed by atoms with Crippen LogP contribution in [0.5, 0.6) is 0 Å². The van der Waals surface area contributed by atoms with E-state index in [0.29, 0.717) is 13.2 Å². The maximum absolute atomic E-state index is 5.63. The van der Waals surface area contributed by atoms with Crippen LogP contribution >= 0.6 is 0 Å². The third kappa shape index (κ3) is 1.83. The van der Waals surface area contributed by atoms with Crippen LogP contribution in [-0.2, 0) is 4.74 Å². The minimum absolute atomic E-state index is 0.0636. The molecular formula is C10H14N6O. The summed E-state index contributed by atoms with van der Waals surface area (Å²) in [4.78, 5) is 6.52. The summed E-state index contributed by atoms with van der Waals surface area (Å²) in [5.74, 6) is 0.840. The van der Waals surface area contributed by atoms with E-state index in [2.05, 4.69) is 20.1 Å². The second kappa shape index (κ2) is 4.27. The number of hydrogen-bond donors (Lipinski definition) is 1. The van der Waals surface area contributed by atoms with Crippen LogP contribution < -0.4 is 10.6 Å². The molecule has 2 aromatic rings. The van der Waals surface area contributed by atoms with Crippen molar-refractivity contribution >= 4 is 11.5 Å². The van der Waals surface area contributed by atoms with Gasteiger partial charge in [0.05, 0.1) is 12.7 Å². The fourth-order valence-corrected chi connectivity index (χ4v) is 2.02. The number of nitrogens with zero attached hydrogens (tertiary/aromatic N) is 5. The molecule has 3 heterocycles. The third-order valence-corrected chi connectivity index (χ3v) is 2.90. The van der Waals surface area contributed by atoms with Gasteiger partial charge in [0, 0.05) is 32.0 Å². The van der Waals surface area contributed by atoms with Gasteiger partial charge in [-0.3, -0.25) is 4.40 Å². The Labute approximate surface area is 98.2 Å². The van der Waals surface area contributed by atoms with E-state index in [0.717, 1.165) is 24.6 Å². The Balaban J connectivity index is 1.94. The van der Waals surface area contributed by atoms with Crippen molar-refractivity contribution in [1.82, 2.24) is 19.6 Å². The van der Waals surface area contributed by atoms with Crippen LogP contribution in [0.2, 0.25) is 0 Å². The molecule has 1 aliphatic rings. The van der Waals surface area contributed by atoms with Gasteiger partial charge in [0.2, 0.25) is 5.65 Å². The highest BCUT2D eigenvalue weighted by Gasteiger charge is 2.22. The van der Waals surface area contributed by atoms with E-state index in [9.17, 15) is 0 Å². The first-order chi connectivity index (χ1) is 8.38. The lowest BCUT2D eigenvalue weighted by molar-refractivity contribution is 0.0463. The Hall–Kier alpha value is -1.73. The van der Waals surface area contributed by atoms with Crippen LogP contribution in [0.1, 0.15) is 0 Å². The molecule has 1 aliphatic heterocycles. The first-order valence-corrected chi connectivity index (χ1v) is 5.59. The molecule has 1 unspecified atom stereocenters. The quantitative estimate of drug-likeness (QED) is 0.739. The van der Waals surface area contributed by atoms with Crippen LogP contribution in [0.3, 0.4) is 0 Å². The van der Waals surface area contributed by atoms with Crippen LogP contribution in [0, 0.1) is 0 Å². The van der Waals surface area contributed by atoms with Gasteiger partial charge >= 0.3 is 0 Å². The summed E-state index contributed by atoms with van der Waals surface area (Å²) in [6.45, 7) is 2.73. The Morgan fingerprint density at radius 1 is 1.53 bits per heavy atom. The monoisotopic (exact) mass is 234 g/mol. The maximum atomic E-state index is 5.63. The van der Waals surface area contributed by atoms with E-state index in [4.69, 9.17) is 10.5 Å². The highest BCUT2D eigenvalue weighted by Crippen LogP contribution is 2.18. The van der Waals surface area contributed by atoms with Crippen molar-refractivity contribution in [3.8, 4) is 0 Å². The fourth-order valence-electron chi connectivity index (χ4n) is 2.02. The Morgan fingerprint density at radius 2 is 2.47 bits per heavy atom. The molecule has 0 aromatic carbocycles. The predicted molar refractivity (Wildman–Crippen MR) is 61.8 cm³/mol. The van der Waals surface area contributed by atoms with Crippen molar-refractivity contribution in [2.75, 3.05) is 31.1 Å². The summed E-state index contributed by atoms with van der Waals surface area (Å²) in [5, 5.41) is 7.97. The van der Waals surface area contributed by atoms with Gasteiger partial charge in [0.25, 0.3) is 0 Å². The highest BCUT2D eigenvalue weighted by atomic mass is 16.5. The van der Waals surface area contributed by atoms with Crippen LogP contribution in [-0.4, -0.2) is 51.9 Å². The molecular weight excluding hydrogens is 220 g/mol. The minimum Gasteiger partial charge on any atom is -0.373 e. The summed E-state index contributed by atoms with van der Waals surface area (Å²) in [7, 11) is 0. The predicted octanol–water partition coefficient (Wildman–Crippen LogP) is -0.712. The van der Waals surface area contributed by atoms with Crippen molar-refractivity contribution in [3.63, 3.8) is 0 Å². The Morgan fingerprint density at radius 3 is 3.35 bits per heavy atom. The van der Waals surface area contributed by atoms with Crippen molar-refractivity contribution in [3.05, 3.63) is 18.7 Å². The standard InChI is InChI=1S/C10H14N6O/c11-5-8-6-15(3-4-17-8)9-10-14-13-7-16(10)2-1-12-9/h1-2,7-8H,3-6,11H2. The normalized spacial score (nSPS) is 21.0. The zero-order valence-electron chi connectivity index (χ0n) is 9.36. The van der Waals surface area contributed by atoms with Gasteiger partial charge in [-0.15, -0.1) is 10.2 Å². The summed E-state index contributed by atoms with van der Waals surface area (Å²) in [6.07, 6.45) is 5.31. The maximum Gasteiger partial charge on any atom is 0.203 e. The van der Waals surface area contributed by atoms with Crippen LogP contribution in [0.25, 0.3) is 5.65 Å². The number of fused-ring (bicyclic) bond motifs is 1. The van der Waals surface area contributed by atoms with Crippen LogP contribution in [0.15, 0.2) is 18.7 Å². The number of ether oxygens (including phenoxy) is 1. The molecule has 1 fully saturated rings. The number of hydrogen-bond acceptors (Lipinski definition) is 6. The van der Waals surface area contributed by atoms with E-state index in [1.54, 1.807) is 12.5 Å². The second-order valence-electron chi connectivity index (χ2n) is 3.99. The molecule has 2 aromatic heterocycles. The number of morpholine rings is 1. The number of rotatable bonds is 2. The fraction of sp³-hybridized carbons (Fsp3) is 0.500. The molecule has 3 rings (SSSR count).